The number of piperidine rings is 1. The average Bonchev–Trinajstić information content (AvgIpc) is 2.90. The molecule has 1 amide bonds. The normalized spacial score (nSPS) is 24.9. The summed E-state index contributed by atoms with van der Waals surface area (Å²) in [6.07, 6.45) is 3.20. The molecule has 2 fully saturated rings. The summed E-state index contributed by atoms with van der Waals surface area (Å²) in [6.45, 7) is 7.54. The van der Waals surface area contributed by atoms with Gasteiger partial charge >= 0.3 is 0 Å². The summed E-state index contributed by atoms with van der Waals surface area (Å²) in [6, 6.07) is 0. The van der Waals surface area contributed by atoms with Gasteiger partial charge in [0.2, 0.25) is 5.91 Å². The Bertz CT molecular complexity index is 249. The first-order valence-electron chi connectivity index (χ1n) is 6.88. The fourth-order valence-corrected chi connectivity index (χ4v) is 2.69. The number of carbonyl (C=O) groups excluding carboxylic acids is 1. The highest BCUT2D eigenvalue weighted by Crippen LogP contribution is 2.21. The Morgan fingerprint density at radius 2 is 2.06 bits per heavy atom. The van der Waals surface area contributed by atoms with E-state index in [1.807, 2.05) is 4.90 Å². The van der Waals surface area contributed by atoms with Gasteiger partial charge in [-0.2, -0.15) is 0 Å². The molecule has 2 heterocycles. The third-order valence-corrected chi connectivity index (χ3v) is 3.89. The lowest BCUT2D eigenvalue weighted by Gasteiger charge is -2.33. The van der Waals surface area contributed by atoms with Crippen LogP contribution < -0.4 is 5.32 Å². The number of carbonyl (C=O) groups is 1. The lowest BCUT2D eigenvalue weighted by atomic mass is 9.95. The van der Waals surface area contributed by atoms with Gasteiger partial charge in [-0.05, 0) is 38.3 Å². The Labute approximate surface area is 116 Å². The van der Waals surface area contributed by atoms with Crippen LogP contribution >= 0.6 is 12.4 Å². The minimum Gasteiger partial charge on any atom is -0.381 e. The van der Waals surface area contributed by atoms with E-state index in [1.165, 1.54) is 0 Å². The van der Waals surface area contributed by atoms with Crippen LogP contribution in [0.5, 0.6) is 0 Å². The maximum atomic E-state index is 12.2. The Hall–Kier alpha value is -0.320. The summed E-state index contributed by atoms with van der Waals surface area (Å²) in [5.74, 6) is 1.21. The van der Waals surface area contributed by atoms with Gasteiger partial charge in [0.1, 0.15) is 0 Å². The molecule has 0 aromatic carbocycles. The molecule has 0 saturated carbocycles. The van der Waals surface area contributed by atoms with Crippen LogP contribution in [0.4, 0.5) is 0 Å². The van der Waals surface area contributed by atoms with Crippen LogP contribution in [0.15, 0.2) is 0 Å². The van der Waals surface area contributed by atoms with Gasteiger partial charge in [-0.25, -0.2) is 0 Å². The number of rotatable bonds is 4. The first-order valence-corrected chi connectivity index (χ1v) is 6.88. The third kappa shape index (κ3) is 4.11. The Kier molecular flexibility index (Phi) is 6.97. The van der Waals surface area contributed by atoms with Crippen molar-refractivity contribution < 1.29 is 9.53 Å². The van der Waals surface area contributed by atoms with Crippen molar-refractivity contribution in [3.05, 3.63) is 0 Å². The van der Waals surface area contributed by atoms with Gasteiger partial charge < -0.3 is 15.0 Å². The molecular weight excluding hydrogens is 252 g/mol. The smallest absolute Gasteiger partial charge is 0.228 e. The summed E-state index contributed by atoms with van der Waals surface area (Å²) < 4.78 is 5.29. The van der Waals surface area contributed by atoms with Crippen LogP contribution in [-0.4, -0.2) is 50.2 Å². The van der Waals surface area contributed by atoms with Gasteiger partial charge in [0.15, 0.2) is 0 Å². The van der Waals surface area contributed by atoms with Gasteiger partial charge in [0.25, 0.3) is 0 Å². The quantitative estimate of drug-likeness (QED) is 0.841. The highest BCUT2D eigenvalue weighted by atomic mass is 35.5. The van der Waals surface area contributed by atoms with Gasteiger partial charge in [0.05, 0.1) is 12.5 Å². The number of ether oxygens (including phenoxy) is 1. The fourth-order valence-electron chi connectivity index (χ4n) is 2.69. The third-order valence-electron chi connectivity index (χ3n) is 3.89. The van der Waals surface area contributed by atoms with Crippen molar-refractivity contribution in [3.8, 4) is 0 Å². The molecule has 4 nitrogen and oxygen atoms in total. The maximum absolute atomic E-state index is 12.2. The Morgan fingerprint density at radius 3 is 2.61 bits per heavy atom. The fraction of sp³-hybridized carbons (Fsp3) is 0.923. The molecule has 2 saturated heterocycles. The topological polar surface area (TPSA) is 41.6 Å². The molecule has 0 aromatic rings. The summed E-state index contributed by atoms with van der Waals surface area (Å²) in [4.78, 5) is 14.2. The van der Waals surface area contributed by atoms with E-state index in [4.69, 9.17) is 4.74 Å². The van der Waals surface area contributed by atoms with Gasteiger partial charge in [-0.3, -0.25) is 4.79 Å². The molecule has 5 heteroatoms. The number of amides is 1. The number of hydrogen-bond acceptors (Lipinski definition) is 3. The predicted molar refractivity (Wildman–Crippen MR) is 74.0 cm³/mol. The molecule has 0 radical (unpaired) electrons. The molecule has 2 rings (SSSR count). The lowest BCUT2D eigenvalue weighted by molar-refractivity contribution is -0.136. The molecule has 2 aliphatic rings. The summed E-state index contributed by atoms with van der Waals surface area (Å²) in [5, 5.41) is 3.39. The molecular formula is C13H25ClN2O2. The van der Waals surface area contributed by atoms with Crippen LogP contribution in [0.2, 0.25) is 0 Å². The van der Waals surface area contributed by atoms with Crippen LogP contribution in [-0.2, 0) is 9.53 Å². The maximum Gasteiger partial charge on any atom is 0.228 e. The zero-order chi connectivity index (χ0) is 12.1. The summed E-state index contributed by atoms with van der Waals surface area (Å²) in [5.41, 5.74) is 0. The highest BCUT2D eigenvalue weighted by molar-refractivity contribution is 5.85. The van der Waals surface area contributed by atoms with Crippen LogP contribution in [0.25, 0.3) is 0 Å². The van der Waals surface area contributed by atoms with E-state index in [0.717, 1.165) is 58.0 Å². The number of hydrogen-bond donors (Lipinski definition) is 1. The Balaban J connectivity index is 0.00000162. The highest BCUT2D eigenvalue weighted by Gasteiger charge is 2.30. The van der Waals surface area contributed by atoms with E-state index in [2.05, 4.69) is 12.2 Å². The molecule has 18 heavy (non-hydrogen) atoms. The SMILES string of the molecule is CCNCC1CCN(C(=O)C2CCOC2)CC1.Cl. The molecule has 1 atom stereocenters. The largest absolute Gasteiger partial charge is 0.381 e. The number of nitrogens with zero attached hydrogens (tertiary/aromatic N) is 1. The van der Waals surface area contributed by atoms with Crippen molar-refractivity contribution in [2.45, 2.75) is 26.2 Å². The van der Waals surface area contributed by atoms with E-state index < -0.39 is 0 Å². The zero-order valence-corrected chi connectivity index (χ0v) is 12.0. The number of halogens is 1. The van der Waals surface area contributed by atoms with Crippen molar-refractivity contribution in [1.82, 2.24) is 10.2 Å². The van der Waals surface area contributed by atoms with E-state index in [-0.39, 0.29) is 18.3 Å². The first-order chi connectivity index (χ1) is 8.31. The summed E-state index contributed by atoms with van der Waals surface area (Å²) >= 11 is 0. The summed E-state index contributed by atoms with van der Waals surface area (Å²) in [7, 11) is 0. The van der Waals surface area contributed by atoms with Gasteiger partial charge in [-0.1, -0.05) is 6.92 Å². The second-order valence-electron chi connectivity index (χ2n) is 5.14. The average molecular weight is 277 g/mol. The molecule has 0 spiro atoms. The second kappa shape index (κ2) is 7.97. The van der Waals surface area contributed by atoms with E-state index in [9.17, 15) is 4.79 Å². The minimum atomic E-state index is 0. The van der Waals surface area contributed by atoms with E-state index in [1.54, 1.807) is 0 Å². The molecule has 106 valence electrons. The second-order valence-corrected chi connectivity index (χ2v) is 5.14. The van der Waals surface area contributed by atoms with Crippen molar-refractivity contribution in [2.24, 2.45) is 11.8 Å². The molecule has 0 aliphatic carbocycles. The minimum absolute atomic E-state index is 0. The molecule has 2 aliphatic heterocycles. The standard InChI is InChI=1S/C13H24N2O2.ClH/c1-2-14-9-11-3-6-15(7-4-11)13(16)12-5-8-17-10-12;/h11-12,14H,2-10H2,1H3;1H. The lowest BCUT2D eigenvalue weighted by Crippen LogP contribution is -2.43. The first kappa shape index (κ1) is 15.7. The Morgan fingerprint density at radius 1 is 1.33 bits per heavy atom. The van der Waals surface area contributed by atoms with E-state index in [0.29, 0.717) is 12.5 Å². The van der Waals surface area contributed by atoms with Crippen molar-refractivity contribution >= 4 is 18.3 Å². The van der Waals surface area contributed by atoms with Crippen LogP contribution in [0.3, 0.4) is 0 Å². The number of nitrogens with one attached hydrogen (secondary N) is 1. The van der Waals surface area contributed by atoms with Crippen LogP contribution in [0.1, 0.15) is 26.2 Å². The number of likely N-dealkylation sites (tertiary alicyclic amines) is 1. The van der Waals surface area contributed by atoms with Crippen molar-refractivity contribution in [3.63, 3.8) is 0 Å². The molecule has 1 unspecified atom stereocenters. The van der Waals surface area contributed by atoms with Gasteiger partial charge in [-0.15, -0.1) is 12.4 Å². The predicted octanol–water partition coefficient (Wildman–Crippen LogP) is 1.29. The van der Waals surface area contributed by atoms with Crippen LogP contribution in [0, 0.1) is 11.8 Å². The molecule has 0 bridgehead atoms. The zero-order valence-electron chi connectivity index (χ0n) is 11.2. The molecule has 0 aromatic heterocycles. The molecule has 1 N–H and O–H groups in total. The van der Waals surface area contributed by atoms with Crippen molar-refractivity contribution in [2.75, 3.05) is 39.4 Å². The van der Waals surface area contributed by atoms with E-state index >= 15 is 0 Å². The van der Waals surface area contributed by atoms with Gasteiger partial charge in [0, 0.05) is 19.7 Å². The monoisotopic (exact) mass is 276 g/mol. The van der Waals surface area contributed by atoms with Crippen molar-refractivity contribution in [1.29, 1.82) is 0 Å².